The molecule has 0 aliphatic heterocycles. The van der Waals surface area contributed by atoms with Crippen molar-refractivity contribution in [3.05, 3.63) is 0 Å². The number of alkyl halides is 4. The second-order valence-corrected chi connectivity index (χ2v) is 4.95. The van der Waals surface area contributed by atoms with Crippen LogP contribution in [0.5, 0.6) is 0 Å². The van der Waals surface area contributed by atoms with E-state index in [0.717, 1.165) is 0 Å². The van der Waals surface area contributed by atoms with Crippen molar-refractivity contribution in [2.24, 2.45) is 0 Å². The van der Waals surface area contributed by atoms with E-state index in [4.69, 9.17) is 0 Å². The van der Waals surface area contributed by atoms with Gasteiger partial charge in [-0.1, -0.05) is 0 Å². The molecule has 0 aliphatic carbocycles. The Morgan fingerprint density at radius 1 is 1.06 bits per heavy atom. The minimum Gasteiger partial charge on any atom is -0.463 e. The Balaban J connectivity index is 0. The first kappa shape index (κ1) is 18.1. The van der Waals surface area contributed by atoms with Crippen molar-refractivity contribution < 1.29 is 27.8 Å². The van der Waals surface area contributed by atoms with Gasteiger partial charge >= 0.3 is 11.9 Å². The van der Waals surface area contributed by atoms with Crippen molar-refractivity contribution in [2.75, 3.05) is 13.2 Å². The zero-order valence-corrected chi connectivity index (χ0v) is 11.9. The van der Waals surface area contributed by atoms with Crippen LogP contribution in [0, 0.1) is 0 Å². The molecule has 8 heteroatoms. The number of halogens is 4. The van der Waals surface area contributed by atoms with Gasteiger partial charge in [-0.3, -0.25) is 0 Å². The highest BCUT2D eigenvalue weighted by Gasteiger charge is 2.28. The number of carbonyl (C=O) groups excluding carboxylic acids is 2. The molecule has 0 N–H and O–H groups in total. The first-order valence-corrected chi connectivity index (χ1v) is 6.09. The Kier molecular flexibility index (Phi) is 12.8. The molecule has 16 heavy (non-hydrogen) atoms. The van der Waals surface area contributed by atoms with Gasteiger partial charge in [-0.2, -0.15) is 0 Å². The lowest BCUT2D eigenvalue weighted by atomic mass is 10.4. The van der Waals surface area contributed by atoms with Gasteiger partial charge in [-0.25, -0.2) is 18.4 Å². The highest BCUT2D eigenvalue weighted by Crippen LogP contribution is 2.06. The molecule has 0 heterocycles. The van der Waals surface area contributed by atoms with Gasteiger partial charge in [0, 0.05) is 0 Å². The SMILES string of the molecule is CCOC(=O)C(F)C(=O)OCC.FC(Br)Br. The summed E-state index contributed by atoms with van der Waals surface area (Å²) in [7, 11) is 0. The summed E-state index contributed by atoms with van der Waals surface area (Å²) < 4.78 is 30.9. The van der Waals surface area contributed by atoms with Crippen LogP contribution in [-0.4, -0.2) is 35.3 Å². The van der Waals surface area contributed by atoms with Crippen LogP contribution in [0.3, 0.4) is 0 Å². The first-order valence-electron chi connectivity index (χ1n) is 4.26. The van der Waals surface area contributed by atoms with Gasteiger partial charge in [0.15, 0.2) is 0 Å². The molecule has 0 atom stereocenters. The lowest BCUT2D eigenvalue weighted by Crippen LogP contribution is -2.29. The number of carbonyl (C=O) groups is 2. The van der Waals surface area contributed by atoms with Crippen LogP contribution in [0.4, 0.5) is 8.78 Å². The maximum Gasteiger partial charge on any atom is 0.352 e. The third kappa shape index (κ3) is 11.8. The quantitative estimate of drug-likeness (QED) is 0.434. The molecule has 0 saturated heterocycles. The fraction of sp³-hybridized carbons (Fsp3) is 0.750. The standard InChI is InChI=1S/C7H11FO4.CHBr2F/c1-3-11-6(9)5(8)7(10)12-4-2;2-1(3)4/h5H,3-4H2,1-2H3;1H. The summed E-state index contributed by atoms with van der Waals surface area (Å²) in [6.45, 7) is 3.13. The Labute approximate surface area is 109 Å². The maximum absolute atomic E-state index is 12.6. The van der Waals surface area contributed by atoms with E-state index in [1.54, 1.807) is 0 Å². The average molecular weight is 370 g/mol. The number of hydrogen-bond acceptors (Lipinski definition) is 4. The van der Waals surface area contributed by atoms with Gasteiger partial charge in [-0.15, -0.1) is 0 Å². The topological polar surface area (TPSA) is 52.6 Å². The minimum absolute atomic E-state index is 0.0403. The van der Waals surface area contributed by atoms with E-state index < -0.39 is 22.1 Å². The summed E-state index contributed by atoms with van der Waals surface area (Å²) in [5.41, 5.74) is 0. The lowest BCUT2D eigenvalue weighted by Gasteiger charge is -2.05. The molecule has 0 unspecified atom stereocenters. The van der Waals surface area contributed by atoms with Gasteiger partial charge in [0.05, 0.1) is 13.2 Å². The van der Waals surface area contributed by atoms with Crippen LogP contribution in [0.15, 0.2) is 0 Å². The van der Waals surface area contributed by atoms with Crippen LogP contribution in [0.25, 0.3) is 0 Å². The van der Waals surface area contributed by atoms with Crippen LogP contribution in [0.2, 0.25) is 0 Å². The lowest BCUT2D eigenvalue weighted by molar-refractivity contribution is -0.162. The minimum atomic E-state index is -2.31. The Morgan fingerprint density at radius 3 is 1.50 bits per heavy atom. The van der Waals surface area contributed by atoms with Gasteiger partial charge in [0.1, 0.15) is 0 Å². The molecule has 4 nitrogen and oxygen atoms in total. The fourth-order valence-electron chi connectivity index (χ4n) is 0.527. The molecular weight excluding hydrogens is 358 g/mol. The van der Waals surface area contributed by atoms with Gasteiger partial charge in [0.2, 0.25) is 3.99 Å². The molecule has 0 radical (unpaired) electrons. The summed E-state index contributed by atoms with van der Waals surface area (Å²) in [4.78, 5) is 21.1. The maximum atomic E-state index is 12.6. The molecule has 0 fully saturated rings. The van der Waals surface area contributed by atoms with Gasteiger partial charge in [-0.05, 0) is 45.7 Å². The largest absolute Gasteiger partial charge is 0.463 e. The van der Waals surface area contributed by atoms with Crippen LogP contribution in [-0.2, 0) is 19.1 Å². The monoisotopic (exact) mass is 368 g/mol. The zero-order chi connectivity index (χ0) is 13.1. The molecule has 0 aromatic heterocycles. The second kappa shape index (κ2) is 11.3. The Hall–Kier alpha value is -0.240. The third-order valence-corrected chi connectivity index (χ3v) is 0.987. The smallest absolute Gasteiger partial charge is 0.352 e. The van der Waals surface area contributed by atoms with Crippen LogP contribution in [0.1, 0.15) is 13.8 Å². The Bertz CT molecular complexity index is 193. The molecule has 0 amide bonds. The molecule has 0 aliphatic rings. The van der Waals surface area contributed by atoms with E-state index in [1.165, 1.54) is 13.8 Å². The highest BCUT2D eigenvalue weighted by atomic mass is 79.9. The predicted molar refractivity (Wildman–Crippen MR) is 60.9 cm³/mol. The summed E-state index contributed by atoms with van der Waals surface area (Å²) in [5.74, 6) is -2.40. The molecule has 0 rings (SSSR count). The zero-order valence-electron chi connectivity index (χ0n) is 8.71. The molecular formula is C8H12Br2F2O4. The van der Waals surface area contributed by atoms with Gasteiger partial charge < -0.3 is 9.47 Å². The number of rotatable bonds is 4. The predicted octanol–water partition coefficient (Wildman–Crippen LogP) is 2.48. The van der Waals surface area contributed by atoms with E-state index in [0.29, 0.717) is 0 Å². The van der Waals surface area contributed by atoms with Crippen molar-refractivity contribution in [3.63, 3.8) is 0 Å². The summed E-state index contributed by atoms with van der Waals surface area (Å²) in [6.07, 6.45) is -2.31. The van der Waals surface area contributed by atoms with Crippen molar-refractivity contribution >= 4 is 43.8 Å². The van der Waals surface area contributed by atoms with Crippen molar-refractivity contribution in [2.45, 2.75) is 24.0 Å². The summed E-state index contributed by atoms with van der Waals surface area (Å²) >= 11 is 5.04. The Morgan fingerprint density at radius 2 is 1.31 bits per heavy atom. The van der Waals surface area contributed by atoms with E-state index in [9.17, 15) is 18.4 Å². The van der Waals surface area contributed by atoms with E-state index in [-0.39, 0.29) is 13.2 Å². The van der Waals surface area contributed by atoms with Crippen LogP contribution < -0.4 is 0 Å². The molecule has 0 aromatic rings. The fourth-order valence-corrected chi connectivity index (χ4v) is 0.527. The number of ether oxygens (including phenoxy) is 2. The molecule has 0 bridgehead atoms. The highest BCUT2D eigenvalue weighted by molar-refractivity contribution is 9.24. The number of hydrogen-bond donors (Lipinski definition) is 0. The summed E-state index contributed by atoms with van der Waals surface area (Å²) in [6, 6.07) is 0. The summed E-state index contributed by atoms with van der Waals surface area (Å²) in [5, 5.41) is 0. The van der Waals surface area contributed by atoms with E-state index in [1.807, 2.05) is 0 Å². The molecule has 0 spiro atoms. The van der Waals surface area contributed by atoms with Crippen LogP contribution >= 0.6 is 31.9 Å². The number of esters is 2. The molecule has 0 aromatic carbocycles. The van der Waals surface area contributed by atoms with Crippen molar-refractivity contribution in [1.82, 2.24) is 0 Å². The van der Waals surface area contributed by atoms with E-state index >= 15 is 0 Å². The van der Waals surface area contributed by atoms with Crippen molar-refractivity contribution in [3.8, 4) is 0 Å². The molecule has 96 valence electrons. The molecule has 0 saturated carbocycles. The van der Waals surface area contributed by atoms with Crippen molar-refractivity contribution in [1.29, 1.82) is 0 Å². The van der Waals surface area contributed by atoms with Gasteiger partial charge in [0.25, 0.3) is 6.17 Å². The van der Waals surface area contributed by atoms with E-state index in [2.05, 4.69) is 41.3 Å². The second-order valence-electron chi connectivity index (χ2n) is 2.11. The normalized spacial score (nSPS) is 9.50. The average Bonchev–Trinajstić information content (AvgIpc) is 2.16. The third-order valence-electron chi connectivity index (χ3n) is 0.987. The first-order chi connectivity index (χ1) is 7.36.